The molecule has 1 aliphatic rings. The van der Waals surface area contributed by atoms with Gasteiger partial charge in [0.1, 0.15) is 4.88 Å². The Morgan fingerprint density at radius 2 is 2.11 bits per heavy atom. The van der Waals surface area contributed by atoms with Crippen LogP contribution in [-0.2, 0) is 6.18 Å². The largest absolute Gasteiger partial charge is 0.492 e. The molecular weight excluding hydrogens is 499 g/mol. The first-order valence-electron chi connectivity index (χ1n) is 10.9. The van der Waals surface area contributed by atoms with E-state index in [2.05, 4.69) is 25.4 Å². The van der Waals surface area contributed by atoms with Gasteiger partial charge in [-0.3, -0.25) is 5.10 Å². The summed E-state index contributed by atoms with van der Waals surface area (Å²) in [5, 5.41) is 22.4. The number of alkyl halides is 3. The summed E-state index contributed by atoms with van der Waals surface area (Å²) in [5.41, 5.74) is 0.927. The van der Waals surface area contributed by atoms with E-state index in [-0.39, 0.29) is 16.5 Å². The lowest BCUT2D eigenvalue weighted by Gasteiger charge is -2.14. The number of nitrogens with one attached hydrogen (secondary N) is 2. The molecule has 1 atom stereocenters. The van der Waals surface area contributed by atoms with E-state index >= 15 is 0 Å². The van der Waals surface area contributed by atoms with Crippen molar-refractivity contribution in [2.45, 2.75) is 18.6 Å². The Labute approximate surface area is 208 Å². The van der Waals surface area contributed by atoms with E-state index in [0.29, 0.717) is 27.2 Å². The van der Waals surface area contributed by atoms with Crippen LogP contribution in [0.15, 0.2) is 42.6 Å². The molecule has 2 aromatic heterocycles. The molecule has 3 N–H and O–H groups in total. The van der Waals surface area contributed by atoms with Crippen LogP contribution in [0.4, 0.5) is 18.3 Å². The molecular formula is C24H21ClF3N5OS. The Bertz CT molecular complexity index is 1410. The van der Waals surface area contributed by atoms with Gasteiger partial charge in [0.2, 0.25) is 5.88 Å². The second kappa shape index (κ2) is 9.18. The third-order valence-electron chi connectivity index (χ3n) is 6.08. The van der Waals surface area contributed by atoms with Crippen molar-refractivity contribution in [1.82, 2.24) is 20.5 Å². The van der Waals surface area contributed by atoms with Crippen LogP contribution in [0.3, 0.4) is 0 Å². The molecule has 2 aromatic carbocycles. The number of likely N-dealkylation sites (N-methyl/N-ethyl adjacent to an activating group) is 1. The Morgan fingerprint density at radius 3 is 2.86 bits per heavy atom. The molecule has 1 fully saturated rings. The lowest BCUT2D eigenvalue weighted by Crippen LogP contribution is -2.29. The van der Waals surface area contributed by atoms with Crippen molar-refractivity contribution in [1.29, 1.82) is 0 Å². The van der Waals surface area contributed by atoms with Crippen molar-refractivity contribution in [2.24, 2.45) is 0 Å². The molecule has 11 heteroatoms. The zero-order valence-electron chi connectivity index (χ0n) is 18.5. The van der Waals surface area contributed by atoms with Crippen molar-refractivity contribution in [3.8, 4) is 5.88 Å². The number of thiazole rings is 1. The highest BCUT2D eigenvalue weighted by Gasteiger charge is 2.33. The molecule has 182 valence electrons. The summed E-state index contributed by atoms with van der Waals surface area (Å²) in [6.45, 7) is 1.51. The second-order valence-electron chi connectivity index (χ2n) is 8.33. The highest BCUT2D eigenvalue weighted by Crippen LogP contribution is 2.42. The van der Waals surface area contributed by atoms with Crippen LogP contribution in [0.25, 0.3) is 22.6 Å². The Morgan fingerprint density at radius 1 is 1.29 bits per heavy atom. The van der Waals surface area contributed by atoms with E-state index in [0.717, 1.165) is 36.5 Å². The van der Waals surface area contributed by atoms with Crippen LogP contribution < -0.4 is 10.2 Å². The van der Waals surface area contributed by atoms with Crippen molar-refractivity contribution < 1.29 is 18.3 Å². The molecule has 6 nitrogen and oxygen atoms in total. The molecule has 1 saturated heterocycles. The SMILES string of the molecule is CNC1CCN(c2nc(O)c(C(=Cc3ccc(Cl)cc3C(F)(F)F)c3ccc4[nH]ncc4c3)s2)C1. The maximum atomic E-state index is 13.8. The number of nitrogens with zero attached hydrogens (tertiary/aromatic N) is 3. The number of aromatic hydroxyl groups is 1. The van der Waals surface area contributed by atoms with E-state index in [9.17, 15) is 18.3 Å². The maximum Gasteiger partial charge on any atom is 0.417 e. The number of aromatic nitrogens is 3. The number of hydrogen-bond donors (Lipinski definition) is 3. The van der Waals surface area contributed by atoms with E-state index in [1.165, 1.54) is 29.5 Å². The summed E-state index contributed by atoms with van der Waals surface area (Å²) >= 11 is 7.13. The normalized spacial score (nSPS) is 17.0. The van der Waals surface area contributed by atoms with Crippen LogP contribution in [-0.4, -0.2) is 46.5 Å². The summed E-state index contributed by atoms with van der Waals surface area (Å²) in [4.78, 5) is 6.81. The lowest BCUT2D eigenvalue weighted by atomic mass is 9.98. The number of H-pyrrole nitrogens is 1. The third kappa shape index (κ3) is 4.73. The predicted octanol–water partition coefficient (Wildman–Crippen LogP) is 5.78. The third-order valence-corrected chi connectivity index (χ3v) is 7.46. The predicted molar refractivity (Wildman–Crippen MR) is 133 cm³/mol. The van der Waals surface area contributed by atoms with Gasteiger partial charge in [-0.15, -0.1) is 0 Å². The molecule has 3 heterocycles. The lowest BCUT2D eigenvalue weighted by molar-refractivity contribution is -0.137. The van der Waals surface area contributed by atoms with Crippen molar-refractivity contribution in [3.05, 3.63) is 69.2 Å². The van der Waals surface area contributed by atoms with Gasteiger partial charge >= 0.3 is 6.18 Å². The van der Waals surface area contributed by atoms with E-state index in [4.69, 9.17) is 11.6 Å². The molecule has 1 unspecified atom stereocenters. The first kappa shape index (κ1) is 23.7. The Hall–Kier alpha value is -3.08. The molecule has 1 aliphatic heterocycles. The quantitative estimate of drug-likeness (QED) is 0.291. The molecule has 0 aliphatic carbocycles. The molecule has 35 heavy (non-hydrogen) atoms. The highest BCUT2D eigenvalue weighted by molar-refractivity contribution is 7.17. The van der Waals surface area contributed by atoms with Crippen LogP contribution in [0.1, 0.15) is 28.0 Å². The van der Waals surface area contributed by atoms with Gasteiger partial charge in [0.05, 0.1) is 17.3 Å². The number of halogens is 4. The van der Waals surface area contributed by atoms with Gasteiger partial charge < -0.3 is 15.3 Å². The van der Waals surface area contributed by atoms with Crippen molar-refractivity contribution >= 4 is 50.6 Å². The number of benzene rings is 2. The van der Waals surface area contributed by atoms with Crippen LogP contribution >= 0.6 is 22.9 Å². The minimum atomic E-state index is -4.60. The van der Waals surface area contributed by atoms with Crippen molar-refractivity contribution in [2.75, 3.05) is 25.0 Å². The number of rotatable bonds is 5. The van der Waals surface area contributed by atoms with Crippen LogP contribution in [0.5, 0.6) is 5.88 Å². The Balaban J connectivity index is 1.67. The standard InChI is InChI=1S/C24H21ClF3N5OS/c1-29-17-6-7-33(12-17)23-31-22(34)21(35-23)18(13-3-5-20-15(8-13)11-30-32-20)9-14-2-4-16(25)10-19(14)24(26,27)28/h2-5,8-11,17,29,34H,6-7,12H2,1H3,(H,30,32). The summed E-state index contributed by atoms with van der Waals surface area (Å²) in [6.07, 6.45) is -0.599. The number of fused-ring (bicyclic) bond motifs is 1. The first-order valence-corrected chi connectivity index (χ1v) is 12.1. The number of anilines is 1. The fraction of sp³-hybridized carbons (Fsp3) is 0.250. The van der Waals surface area contributed by atoms with Gasteiger partial charge in [-0.05, 0) is 54.9 Å². The fourth-order valence-electron chi connectivity index (χ4n) is 4.23. The molecule has 0 bridgehead atoms. The molecule has 4 aromatic rings. The molecule has 0 spiro atoms. The average Bonchev–Trinajstić information content (AvgIpc) is 3.56. The van der Waals surface area contributed by atoms with Gasteiger partial charge in [0.25, 0.3) is 0 Å². The highest BCUT2D eigenvalue weighted by atomic mass is 35.5. The number of aromatic amines is 1. The minimum absolute atomic E-state index is 0.00751. The summed E-state index contributed by atoms with van der Waals surface area (Å²) in [7, 11) is 1.90. The zero-order chi connectivity index (χ0) is 24.7. The summed E-state index contributed by atoms with van der Waals surface area (Å²) < 4.78 is 41.5. The summed E-state index contributed by atoms with van der Waals surface area (Å²) in [6, 6.07) is 9.37. The number of hydrogen-bond acceptors (Lipinski definition) is 6. The monoisotopic (exact) mass is 519 g/mol. The molecule has 0 amide bonds. The van der Waals surface area contributed by atoms with Crippen molar-refractivity contribution in [3.63, 3.8) is 0 Å². The topological polar surface area (TPSA) is 77.1 Å². The molecule has 0 saturated carbocycles. The second-order valence-corrected chi connectivity index (χ2v) is 9.74. The van der Waals surface area contributed by atoms with Gasteiger partial charge in [0, 0.05) is 35.1 Å². The molecule has 5 rings (SSSR count). The minimum Gasteiger partial charge on any atom is -0.492 e. The average molecular weight is 520 g/mol. The van der Waals surface area contributed by atoms with Gasteiger partial charge in [0.15, 0.2) is 5.13 Å². The first-order chi connectivity index (χ1) is 16.7. The van der Waals surface area contributed by atoms with Gasteiger partial charge in [-0.2, -0.15) is 23.3 Å². The smallest absolute Gasteiger partial charge is 0.417 e. The van der Waals surface area contributed by atoms with Crippen LogP contribution in [0, 0.1) is 0 Å². The van der Waals surface area contributed by atoms with Gasteiger partial charge in [-0.1, -0.05) is 35.1 Å². The van der Waals surface area contributed by atoms with E-state index < -0.39 is 11.7 Å². The maximum absolute atomic E-state index is 13.8. The zero-order valence-corrected chi connectivity index (χ0v) is 20.1. The van der Waals surface area contributed by atoms with E-state index in [1.807, 2.05) is 13.1 Å². The summed E-state index contributed by atoms with van der Waals surface area (Å²) in [5.74, 6) is -0.223. The van der Waals surface area contributed by atoms with Gasteiger partial charge in [-0.25, -0.2) is 0 Å². The molecule has 0 radical (unpaired) electrons. The van der Waals surface area contributed by atoms with E-state index in [1.54, 1.807) is 18.3 Å². The van der Waals surface area contributed by atoms with Crippen LogP contribution in [0.2, 0.25) is 5.02 Å². The Kier molecular flexibility index (Phi) is 6.20. The fourth-order valence-corrected chi connectivity index (χ4v) is 5.43.